The van der Waals surface area contributed by atoms with E-state index in [2.05, 4.69) is 11.6 Å². The van der Waals surface area contributed by atoms with E-state index < -0.39 is 9.84 Å². The van der Waals surface area contributed by atoms with Gasteiger partial charge in [-0.05, 0) is 19.4 Å². The zero-order valence-corrected chi connectivity index (χ0v) is 15.2. The molecule has 0 saturated carbocycles. The van der Waals surface area contributed by atoms with Crippen LogP contribution in [0, 0.1) is 13.8 Å². The molecule has 0 aromatic carbocycles. The maximum Gasteiger partial charge on any atom is 0.263 e. The van der Waals surface area contributed by atoms with Crippen molar-refractivity contribution in [1.82, 2.24) is 9.55 Å². The van der Waals surface area contributed by atoms with Crippen LogP contribution in [-0.2, 0) is 16.4 Å². The number of aryl methyl sites for hydroxylation is 2. The van der Waals surface area contributed by atoms with Crippen LogP contribution >= 0.6 is 23.1 Å². The van der Waals surface area contributed by atoms with E-state index in [0.29, 0.717) is 27.7 Å². The van der Waals surface area contributed by atoms with Crippen LogP contribution in [0.1, 0.15) is 10.4 Å². The first-order chi connectivity index (χ1) is 10.2. The predicted octanol–water partition coefficient (Wildman–Crippen LogP) is 2.40. The summed E-state index contributed by atoms with van der Waals surface area (Å²) in [6.07, 6.45) is 2.84. The van der Waals surface area contributed by atoms with Crippen LogP contribution < -0.4 is 5.56 Å². The van der Waals surface area contributed by atoms with Gasteiger partial charge in [-0.2, -0.15) is 0 Å². The van der Waals surface area contributed by atoms with Crippen molar-refractivity contribution in [2.45, 2.75) is 25.5 Å². The van der Waals surface area contributed by atoms with Crippen LogP contribution in [0.15, 0.2) is 22.6 Å². The van der Waals surface area contributed by atoms with E-state index in [1.54, 1.807) is 10.6 Å². The second kappa shape index (κ2) is 6.55. The molecule has 2 heterocycles. The number of allylic oxidation sites excluding steroid dienone is 1. The van der Waals surface area contributed by atoms with Crippen LogP contribution in [0.5, 0.6) is 0 Å². The van der Waals surface area contributed by atoms with Crippen molar-refractivity contribution in [3.8, 4) is 0 Å². The SMILES string of the molecule is C=CCn1c(SCCS(C)(=O)=O)nc2sc(C)c(C)c2c1=O. The van der Waals surface area contributed by atoms with Gasteiger partial charge in [0.25, 0.3) is 5.56 Å². The summed E-state index contributed by atoms with van der Waals surface area (Å²) in [7, 11) is -3.03. The highest BCUT2D eigenvalue weighted by Crippen LogP contribution is 2.28. The van der Waals surface area contributed by atoms with Crippen molar-refractivity contribution < 1.29 is 8.42 Å². The molecule has 0 aliphatic rings. The Morgan fingerprint density at radius 3 is 2.68 bits per heavy atom. The predicted molar refractivity (Wildman–Crippen MR) is 94.0 cm³/mol. The first-order valence-corrected chi connectivity index (χ1v) is 10.5. The van der Waals surface area contributed by atoms with E-state index in [1.165, 1.54) is 29.4 Å². The number of hydrogen-bond donors (Lipinski definition) is 0. The lowest BCUT2D eigenvalue weighted by molar-refractivity contribution is 0.603. The molecule has 120 valence electrons. The fourth-order valence-corrected chi connectivity index (χ4v) is 5.27. The topological polar surface area (TPSA) is 69.0 Å². The van der Waals surface area contributed by atoms with Gasteiger partial charge in [0.1, 0.15) is 14.7 Å². The van der Waals surface area contributed by atoms with Crippen LogP contribution in [0.25, 0.3) is 10.2 Å². The maximum atomic E-state index is 12.7. The van der Waals surface area contributed by atoms with Crippen molar-refractivity contribution in [3.05, 3.63) is 33.4 Å². The second-order valence-corrected chi connectivity index (χ2v) is 9.57. The van der Waals surface area contributed by atoms with E-state index in [1.807, 2.05) is 13.8 Å². The third-order valence-electron chi connectivity index (χ3n) is 3.25. The molecule has 0 spiro atoms. The van der Waals surface area contributed by atoms with Gasteiger partial charge in [-0.25, -0.2) is 13.4 Å². The Balaban J connectivity index is 2.50. The molecular weight excluding hydrogens is 340 g/mol. The Morgan fingerprint density at radius 1 is 1.41 bits per heavy atom. The molecule has 0 fully saturated rings. The quantitative estimate of drug-likeness (QED) is 0.450. The lowest BCUT2D eigenvalue weighted by Gasteiger charge is -2.10. The summed E-state index contributed by atoms with van der Waals surface area (Å²) in [5.74, 6) is 0.430. The molecule has 2 aromatic rings. The molecule has 0 saturated heterocycles. The highest BCUT2D eigenvalue weighted by molar-refractivity contribution is 8.00. The number of rotatable bonds is 6. The van der Waals surface area contributed by atoms with Gasteiger partial charge in [-0.1, -0.05) is 17.8 Å². The number of sulfone groups is 1. The molecule has 0 bridgehead atoms. The van der Waals surface area contributed by atoms with Gasteiger partial charge in [0.05, 0.1) is 11.1 Å². The normalized spacial score (nSPS) is 12.0. The van der Waals surface area contributed by atoms with Gasteiger partial charge in [0, 0.05) is 23.4 Å². The van der Waals surface area contributed by atoms with E-state index in [0.717, 1.165) is 10.4 Å². The van der Waals surface area contributed by atoms with Gasteiger partial charge < -0.3 is 0 Å². The van der Waals surface area contributed by atoms with Crippen LogP contribution in [0.4, 0.5) is 0 Å². The Morgan fingerprint density at radius 2 is 2.09 bits per heavy atom. The van der Waals surface area contributed by atoms with Gasteiger partial charge in [0.2, 0.25) is 0 Å². The summed E-state index contributed by atoms with van der Waals surface area (Å²) in [6, 6.07) is 0. The van der Waals surface area contributed by atoms with Crippen molar-refractivity contribution in [2.75, 3.05) is 17.8 Å². The van der Waals surface area contributed by atoms with Crippen molar-refractivity contribution in [1.29, 1.82) is 0 Å². The molecule has 2 rings (SSSR count). The molecule has 0 N–H and O–H groups in total. The number of thiophene rings is 1. The highest BCUT2D eigenvalue weighted by atomic mass is 32.2. The molecule has 0 atom stereocenters. The molecule has 0 aliphatic carbocycles. The second-order valence-electron chi connectivity index (χ2n) is 5.04. The van der Waals surface area contributed by atoms with E-state index in [9.17, 15) is 13.2 Å². The third-order valence-corrected chi connectivity index (χ3v) is 6.53. The largest absolute Gasteiger partial charge is 0.283 e. The van der Waals surface area contributed by atoms with E-state index in [4.69, 9.17) is 0 Å². The smallest absolute Gasteiger partial charge is 0.263 e. The molecule has 0 amide bonds. The standard InChI is InChI=1S/C14H18N2O3S3/c1-5-6-16-13(17)11-9(2)10(3)21-12(11)15-14(16)20-7-8-22(4,18)19/h5H,1,6-8H2,2-4H3. The monoisotopic (exact) mass is 358 g/mol. The fourth-order valence-electron chi connectivity index (χ4n) is 1.99. The number of thioether (sulfide) groups is 1. The van der Waals surface area contributed by atoms with Crippen LogP contribution in [-0.4, -0.2) is 35.7 Å². The van der Waals surface area contributed by atoms with Gasteiger partial charge >= 0.3 is 0 Å². The highest BCUT2D eigenvalue weighted by Gasteiger charge is 2.16. The number of fused-ring (bicyclic) bond motifs is 1. The first kappa shape index (κ1) is 17.2. The van der Waals surface area contributed by atoms with E-state index >= 15 is 0 Å². The first-order valence-electron chi connectivity index (χ1n) is 6.66. The Bertz CT molecular complexity index is 879. The Kier molecular flexibility index (Phi) is 5.14. The Hall–Kier alpha value is -1.12. The average molecular weight is 359 g/mol. The summed E-state index contributed by atoms with van der Waals surface area (Å²) in [6.45, 7) is 7.92. The summed E-state index contributed by atoms with van der Waals surface area (Å²) in [5, 5.41) is 1.19. The lowest BCUT2D eigenvalue weighted by Crippen LogP contribution is -2.23. The maximum absolute atomic E-state index is 12.7. The fraction of sp³-hybridized carbons (Fsp3) is 0.429. The summed E-state index contributed by atoms with van der Waals surface area (Å²) in [5.41, 5.74) is 0.872. The van der Waals surface area contributed by atoms with Gasteiger partial charge in [-0.3, -0.25) is 9.36 Å². The summed E-state index contributed by atoms with van der Waals surface area (Å²) < 4.78 is 24.0. The molecule has 2 aromatic heterocycles. The van der Waals surface area contributed by atoms with Gasteiger partial charge in [0.15, 0.2) is 5.16 Å². The molecule has 0 radical (unpaired) electrons. The number of hydrogen-bond acceptors (Lipinski definition) is 6. The van der Waals surface area contributed by atoms with Crippen molar-refractivity contribution in [2.24, 2.45) is 0 Å². The van der Waals surface area contributed by atoms with Gasteiger partial charge in [-0.15, -0.1) is 17.9 Å². The van der Waals surface area contributed by atoms with Crippen molar-refractivity contribution in [3.63, 3.8) is 0 Å². The number of nitrogens with zero attached hydrogens (tertiary/aromatic N) is 2. The third kappa shape index (κ3) is 3.61. The average Bonchev–Trinajstić information content (AvgIpc) is 2.68. The molecule has 5 nitrogen and oxygen atoms in total. The zero-order valence-electron chi connectivity index (χ0n) is 12.7. The van der Waals surface area contributed by atoms with Crippen LogP contribution in [0.3, 0.4) is 0 Å². The summed E-state index contributed by atoms with van der Waals surface area (Å²) >= 11 is 2.78. The molecule has 22 heavy (non-hydrogen) atoms. The molecule has 0 unspecified atom stereocenters. The molecule has 8 heteroatoms. The molecule has 0 aliphatic heterocycles. The van der Waals surface area contributed by atoms with Crippen LogP contribution in [0.2, 0.25) is 0 Å². The Labute approximate surface area is 138 Å². The van der Waals surface area contributed by atoms with E-state index in [-0.39, 0.29) is 11.3 Å². The minimum Gasteiger partial charge on any atom is -0.283 e. The van der Waals surface area contributed by atoms with Crippen molar-refractivity contribution >= 4 is 43.2 Å². The minimum absolute atomic E-state index is 0.0577. The minimum atomic E-state index is -3.03. The summed E-state index contributed by atoms with van der Waals surface area (Å²) in [4.78, 5) is 19.0. The zero-order chi connectivity index (χ0) is 16.5. The molecular formula is C14H18N2O3S3. The number of aromatic nitrogens is 2. The lowest BCUT2D eigenvalue weighted by atomic mass is 10.2.